The lowest BCUT2D eigenvalue weighted by atomic mass is 10.0. The van der Waals surface area contributed by atoms with Crippen LogP contribution in [0.1, 0.15) is 46.0 Å². The standard InChI is InChI=1S/C15H30N4O/c1-4-13(5-2)11-17-15(16-3)18-12-14(20)19-9-7-6-8-10-19/h13H,4-12H2,1-3H3,(H2,16,17,18). The van der Waals surface area contributed by atoms with Gasteiger partial charge in [0, 0.05) is 26.7 Å². The number of carbonyl (C=O) groups excluding carboxylic acids is 1. The van der Waals surface area contributed by atoms with Gasteiger partial charge >= 0.3 is 0 Å². The highest BCUT2D eigenvalue weighted by molar-refractivity contribution is 5.86. The fraction of sp³-hybridized carbons (Fsp3) is 0.867. The fourth-order valence-electron chi connectivity index (χ4n) is 2.45. The van der Waals surface area contributed by atoms with Crippen molar-refractivity contribution >= 4 is 11.9 Å². The summed E-state index contributed by atoms with van der Waals surface area (Å²) in [6.45, 7) is 7.45. The average Bonchev–Trinajstić information content (AvgIpc) is 2.51. The van der Waals surface area contributed by atoms with E-state index in [1.165, 1.54) is 6.42 Å². The van der Waals surface area contributed by atoms with Crippen molar-refractivity contribution in [2.75, 3.05) is 33.2 Å². The van der Waals surface area contributed by atoms with E-state index in [1.807, 2.05) is 4.90 Å². The lowest BCUT2D eigenvalue weighted by Crippen LogP contribution is -2.46. The molecule has 20 heavy (non-hydrogen) atoms. The van der Waals surface area contributed by atoms with Crippen molar-refractivity contribution in [2.24, 2.45) is 10.9 Å². The lowest BCUT2D eigenvalue weighted by Gasteiger charge is -2.27. The van der Waals surface area contributed by atoms with Crippen LogP contribution in [0.4, 0.5) is 0 Å². The zero-order valence-electron chi connectivity index (χ0n) is 13.2. The topological polar surface area (TPSA) is 56.7 Å². The second kappa shape index (κ2) is 9.61. The molecule has 0 aromatic carbocycles. The zero-order chi connectivity index (χ0) is 14.8. The highest BCUT2D eigenvalue weighted by Gasteiger charge is 2.16. The second-order valence-corrected chi connectivity index (χ2v) is 5.43. The van der Waals surface area contributed by atoms with Crippen molar-refractivity contribution in [1.82, 2.24) is 15.5 Å². The summed E-state index contributed by atoms with van der Waals surface area (Å²) in [6.07, 6.45) is 5.83. The van der Waals surface area contributed by atoms with Gasteiger partial charge < -0.3 is 15.5 Å². The van der Waals surface area contributed by atoms with Crippen LogP contribution in [-0.2, 0) is 4.79 Å². The van der Waals surface area contributed by atoms with E-state index in [4.69, 9.17) is 0 Å². The highest BCUT2D eigenvalue weighted by atomic mass is 16.2. The van der Waals surface area contributed by atoms with Crippen LogP contribution in [0.2, 0.25) is 0 Å². The number of likely N-dealkylation sites (tertiary alicyclic amines) is 1. The molecule has 1 aliphatic rings. The van der Waals surface area contributed by atoms with Crippen molar-refractivity contribution < 1.29 is 4.79 Å². The summed E-state index contributed by atoms with van der Waals surface area (Å²) in [5.74, 6) is 1.56. The van der Waals surface area contributed by atoms with Crippen LogP contribution in [0.15, 0.2) is 4.99 Å². The highest BCUT2D eigenvalue weighted by Crippen LogP contribution is 2.08. The quantitative estimate of drug-likeness (QED) is 0.575. The number of piperidine rings is 1. The molecule has 5 nitrogen and oxygen atoms in total. The Morgan fingerprint density at radius 3 is 2.35 bits per heavy atom. The van der Waals surface area contributed by atoms with Gasteiger partial charge in [-0.1, -0.05) is 26.7 Å². The van der Waals surface area contributed by atoms with E-state index in [-0.39, 0.29) is 5.91 Å². The van der Waals surface area contributed by atoms with Crippen LogP contribution in [0.25, 0.3) is 0 Å². The summed E-state index contributed by atoms with van der Waals surface area (Å²) in [5.41, 5.74) is 0. The average molecular weight is 282 g/mol. The van der Waals surface area contributed by atoms with E-state index in [0.717, 1.165) is 51.3 Å². The Labute approximate surface area is 123 Å². The summed E-state index contributed by atoms with van der Waals surface area (Å²) >= 11 is 0. The molecule has 2 N–H and O–H groups in total. The summed E-state index contributed by atoms with van der Waals surface area (Å²) in [4.78, 5) is 18.2. The number of carbonyl (C=O) groups is 1. The third-order valence-electron chi connectivity index (χ3n) is 4.05. The van der Waals surface area contributed by atoms with Gasteiger partial charge in [-0.2, -0.15) is 0 Å². The molecule has 0 radical (unpaired) electrons. The van der Waals surface area contributed by atoms with Crippen molar-refractivity contribution in [3.8, 4) is 0 Å². The van der Waals surface area contributed by atoms with E-state index in [2.05, 4.69) is 29.5 Å². The van der Waals surface area contributed by atoms with Crippen LogP contribution in [-0.4, -0.2) is 50.0 Å². The van der Waals surface area contributed by atoms with E-state index in [1.54, 1.807) is 7.05 Å². The van der Waals surface area contributed by atoms with Gasteiger partial charge in [0.15, 0.2) is 5.96 Å². The Morgan fingerprint density at radius 2 is 1.80 bits per heavy atom. The third kappa shape index (κ3) is 5.80. The molecule has 1 fully saturated rings. The van der Waals surface area contributed by atoms with Crippen molar-refractivity contribution in [3.05, 3.63) is 0 Å². The van der Waals surface area contributed by atoms with E-state index >= 15 is 0 Å². The molecule has 1 rings (SSSR count). The predicted molar refractivity (Wildman–Crippen MR) is 83.9 cm³/mol. The molecule has 0 unspecified atom stereocenters. The smallest absolute Gasteiger partial charge is 0.241 e. The van der Waals surface area contributed by atoms with Crippen LogP contribution in [0.3, 0.4) is 0 Å². The molecular formula is C15H30N4O. The molecule has 0 atom stereocenters. The Kier molecular flexibility index (Phi) is 8.07. The van der Waals surface area contributed by atoms with Crippen molar-refractivity contribution in [3.63, 3.8) is 0 Å². The Bertz CT molecular complexity index is 307. The van der Waals surface area contributed by atoms with E-state index < -0.39 is 0 Å². The van der Waals surface area contributed by atoms with Gasteiger partial charge in [-0.15, -0.1) is 0 Å². The Hall–Kier alpha value is -1.26. The molecule has 0 aromatic heterocycles. The largest absolute Gasteiger partial charge is 0.356 e. The molecule has 1 amide bonds. The number of hydrogen-bond acceptors (Lipinski definition) is 2. The SMILES string of the molecule is CCC(CC)CNC(=NC)NCC(=O)N1CCCCC1. The minimum Gasteiger partial charge on any atom is -0.356 e. The number of nitrogens with one attached hydrogen (secondary N) is 2. The molecule has 1 aliphatic heterocycles. The normalized spacial score (nSPS) is 16.4. The molecule has 0 aliphatic carbocycles. The van der Waals surface area contributed by atoms with Gasteiger partial charge in [0.25, 0.3) is 0 Å². The minimum atomic E-state index is 0.176. The van der Waals surface area contributed by atoms with Crippen LogP contribution >= 0.6 is 0 Å². The molecule has 116 valence electrons. The zero-order valence-corrected chi connectivity index (χ0v) is 13.2. The predicted octanol–water partition coefficient (Wildman–Crippen LogP) is 1.60. The minimum absolute atomic E-state index is 0.176. The summed E-state index contributed by atoms with van der Waals surface area (Å²) in [6, 6.07) is 0. The van der Waals surface area contributed by atoms with Gasteiger partial charge in [-0.05, 0) is 25.2 Å². The first-order chi connectivity index (χ1) is 9.71. The van der Waals surface area contributed by atoms with Crippen LogP contribution < -0.4 is 10.6 Å². The number of aliphatic imine (C=N–C) groups is 1. The van der Waals surface area contributed by atoms with Gasteiger partial charge in [-0.25, -0.2) is 0 Å². The maximum Gasteiger partial charge on any atom is 0.241 e. The number of nitrogens with zero attached hydrogens (tertiary/aromatic N) is 2. The Morgan fingerprint density at radius 1 is 1.15 bits per heavy atom. The maximum atomic E-state index is 12.0. The number of guanidine groups is 1. The van der Waals surface area contributed by atoms with E-state index in [9.17, 15) is 4.79 Å². The van der Waals surface area contributed by atoms with Crippen LogP contribution in [0, 0.1) is 5.92 Å². The van der Waals surface area contributed by atoms with E-state index in [0.29, 0.717) is 12.5 Å². The molecule has 0 bridgehead atoms. The summed E-state index contributed by atoms with van der Waals surface area (Å²) in [5, 5.41) is 6.42. The summed E-state index contributed by atoms with van der Waals surface area (Å²) in [7, 11) is 1.74. The van der Waals surface area contributed by atoms with Crippen molar-refractivity contribution in [2.45, 2.75) is 46.0 Å². The van der Waals surface area contributed by atoms with Gasteiger partial charge in [0.2, 0.25) is 5.91 Å². The summed E-state index contributed by atoms with van der Waals surface area (Å²) < 4.78 is 0. The number of amides is 1. The van der Waals surface area contributed by atoms with Crippen LogP contribution in [0.5, 0.6) is 0 Å². The molecular weight excluding hydrogens is 252 g/mol. The molecule has 0 spiro atoms. The second-order valence-electron chi connectivity index (χ2n) is 5.43. The first-order valence-corrected chi connectivity index (χ1v) is 7.93. The van der Waals surface area contributed by atoms with Gasteiger partial charge in [0.05, 0.1) is 6.54 Å². The van der Waals surface area contributed by atoms with Gasteiger partial charge in [0.1, 0.15) is 0 Å². The fourth-order valence-corrected chi connectivity index (χ4v) is 2.45. The molecule has 0 saturated carbocycles. The molecule has 0 aromatic rings. The van der Waals surface area contributed by atoms with Gasteiger partial charge in [-0.3, -0.25) is 9.79 Å². The third-order valence-corrected chi connectivity index (χ3v) is 4.05. The Balaban J connectivity index is 2.28. The lowest BCUT2D eigenvalue weighted by molar-refractivity contribution is -0.130. The monoisotopic (exact) mass is 282 g/mol. The maximum absolute atomic E-state index is 12.0. The molecule has 1 saturated heterocycles. The first-order valence-electron chi connectivity index (χ1n) is 7.93. The molecule has 5 heteroatoms. The molecule has 1 heterocycles. The first kappa shape index (κ1) is 16.8. The number of rotatable bonds is 6. The van der Waals surface area contributed by atoms with Crippen molar-refractivity contribution in [1.29, 1.82) is 0 Å². The number of hydrogen-bond donors (Lipinski definition) is 2.